The van der Waals surface area contributed by atoms with Crippen LogP contribution in [0.3, 0.4) is 0 Å². The molecule has 0 aliphatic carbocycles. The molecular formula is C13H14BrNOS2. The summed E-state index contributed by atoms with van der Waals surface area (Å²) >= 11 is 6.58. The highest BCUT2D eigenvalue weighted by molar-refractivity contribution is 9.11. The zero-order valence-electron chi connectivity index (χ0n) is 10.4. The van der Waals surface area contributed by atoms with Crippen LogP contribution < -0.4 is 5.32 Å². The maximum atomic E-state index is 12.0. The Bertz CT molecular complexity index is 573. The number of aryl methyl sites for hydroxylation is 2. The largest absolute Gasteiger partial charge is 0.345 e. The molecule has 0 fully saturated rings. The van der Waals surface area contributed by atoms with E-state index in [1.165, 1.54) is 26.7 Å². The Morgan fingerprint density at radius 2 is 2.06 bits per heavy atom. The predicted octanol–water partition coefficient (Wildman–Crippen LogP) is 4.68. The van der Waals surface area contributed by atoms with Crippen molar-refractivity contribution >= 4 is 44.5 Å². The molecule has 1 unspecified atom stereocenters. The summed E-state index contributed by atoms with van der Waals surface area (Å²) in [7, 11) is 0. The van der Waals surface area contributed by atoms with Gasteiger partial charge in [0.05, 0.1) is 14.7 Å². The Hall–Kier alpha value is -0.650. The van der Waals surface area contributed by atoms with Gasteiger partial charge in [0.25, 0.3) is 5.91 Å². The van der Waals surface area contributed by atoms with Gasteiger partial charge in [0.2, 0.25) is 0 Å². The fraction of sp³-hybridized carbons (Fsp3) is 0.308. The van der Waals surface area contributed by atoms with Crippen molar-refractivity contribution in [2.75, 3.05) is 0 Å². The lowest BCUT2D eigenvalue weighted by Crippen LogP contribution is -2.25. The summed E-state index contributed by atoms with van der Waals surface area (Å²) in [5.74, 6) is -0.0125. The Balaban J connectivity index is 2.10. The van der Waals surface area contributed by atoms with Gasteiger partial charge in [-0.15, -0.1) is 22.7 Å². The van der Waals surface area contributed by atoms with Crippen LogP contribution in [0.2, 0.25) is 0 Å². The zero-order chi connectivity index (χ0) is 13.3. The molecule has 0 radical (unpaired) electrons. The van der Waals surface area contributed by atoms with Crippen molar-refractivity contribution < 1.29 is 4.79 Å². The third-order valence-corrected chi connectivity index (χ3v) is 5.29. The van der Waals surface area contributed by atoms with E-state index < -0.39 is 0 Å². The van der Waals surface area contributed by atoms with Gasteiger partial charge in [-0.2, -0.15) is 0 Å². The highest BCUT2D eigenvalue weighted by Crippen LogP contribution is 2.27. The minimum atomic E-state index is -0.0125. The van der Waals surface area contributed by atoms with E-state index in [-0.39, 0.29) is 11.9 Å². The van der Waals surface area contributed by atoms with Crippen molar-refractivity contribution in [3.05, 3.63) is 42.2 Å². The number of hydrogen-bond acceptors (Lipinski definition) is 3. The molecule has 2 heterocycles. The smallest absolute Gasteiger partial charge is 0.261 e. The average Bonchev–Trinajstić information content (AvgIpc) is 2.84. The van der Waals surface area contributed by atoms with Crippen LogP contribution in [0.1, 0.15) is 38.0 Å². The molecule has 2 aromatic rings. The van der Waals surface area contributed by atoms with Crippen LogP contribution >= 0.6 is 38.6 Å². The van der Waals surface area contributed by atoms with E-state index >= 15 is 0 Å². The Morgan fingerprint density at radius 1 is 1.33 bits per heavy atom. The minimum absolute atomic E-state index is 0.0125. The Morgan fingerprint density at radius 3 is 2.56 bits per heavy atom. The molecule has 0 saturated heterocycles. The van der Waals surface area contributed by atoms with Gasteiger partial charge in [0.1, 0.15) is 0 Å². The van der Waals surface area contributed by atoms with E-state index in [2.05, 4.69) is 41.2 Å². The zero-order valence-corrected chi connectivity index (χ0v) is 13.6. The molecule has 1 atom stereocenters. The normalized spacial score (nSPS) is 12.4. The second kappa shape index (κ2) is 5.55. The second-order valence-electron chi connectivity index (χ2n) is 4.17. The lowest BCUT2D eigenvalue weighted by atomic mass is 10.1. The van der Waals surface area contributed by atoms with E-state index in [9.17, 15) is 4.79 Å². The first kappa shape index (κ1) is 13.8. The van der Waals surface area contributed by atoms with Crippen LogP contribution in [-0.2, 0) is 0 Å². The summed E-state index contributed by atoms with van der Waals surface area (Å²) < 4.78 is 0.975. The first-order valence-corrected chi connectivity index (χ1v) is 8.03. The first-order valence-electron chi connectivity index (χ1n) is 5.60. The van der Waals surface area contributed by atoms with E-state index in [0.717, 1.165) is 8.66 Å². The van der Waals surface area contributed by atoms with Crippen LogP contribution in [0, 0.1) is 13.8 Å². The fourth-order valence-corrected chi connectivity index (χ4v) is 4.17. The van der Waals surface area contributed by atoms with Gasteiger partial charge in [0, 0.05) is 9.75 Å². The number of nitrogens with one attached hydrogen (secondary N) is 1. The Labute approximate surface area is 123 Å². The number of carbonyl (C=O) groups excluding carboxylic acids is 1. The van der Waals surface area contributed by atoms with Gasteiger partial charge in [-0.05, 0) is 60.5 Å². The molecule has 1 N–H and O–H groups in total. The average molecular weight is 344 g/mol. The van der Waals surface area contributed by atoms with Crippen LogP contribution in [0.4, 0.5) is 0 Å². The van der Waals surface area contributed by atoms with Crippen molar-refractivity contribution in [1.29, 1.82) is 0 Å². The molecule has 18 heavy (non-hydrogen) atoms. The van der Waals surface area contributed by atoms with Crippen molar-refractivity contribution in [3.63, 3.8) is 0 Å². The van der Waals surface area contributed by atoms with Crippen molar-refractivity contribution in [2.24, 2.45) is 0 Å². The van der Waals surface area contributed by atoms with Crippen LogP contribution in [-0.4, -0.2) is 5.91 Å². The van der Waals surface area contributed by atoms with Crippen LogP contribution in [0.5, 0.6) is 0 Å². The van der Waals surface area contributed by atoms with Crippen molar-refractivity contribution in [1.82, 2.24) is 5.32 Å². The van der Waals surface area contributed by atoms with Crippen molar-refractivity contribution in [2.45, 2.75) is 26.8 Å². The molecule has 0 spiro atoms. The van der Waals surface area contributed by atoms with E-state index in [1.807, 2.05) is 19.1 Å². The summed E-state index contributed by atoms with van der Waals surface area (Å²) in [5, 5.41) is 3.04. The molecule has 96 valence electrons. The van der Waals surface area contributed by atoms with Gasteiger partial charge in [-0.25, -0.2) is 0 Å². The van der Waals surface area contributed by atoms with Gasteiger partial charge < -0.3 is 5.32 Å². The molecule has 0 aliphatic rings. The van der Waals surface area contributed by atoms with Crippen LogP contribution in [0.15, 0.2) is 22.0 Å². The van der Waals surface area contributed by atoms with Gasteiger partial charge in [-0.1, -0.05) is 0 Å². The summed E-state index contributed by atoms with van der Waals surface area (Å²) in [6, 6.07) is 5.92. The summed E-state index contributed by atoms with van der Waals surface area (Å²) in [6.45, 7) is 6.21. The van der Waals surface area contributed by atoms with Gasteiger partial charge in [-0.3, -0.25) is 4.79 Å². The lowest BCUT2D eigenvalue weighted by molar-refractivity contribution is 0.0944. The second-order valence-corrected chi connectivity index (χ2v) is 8.09. The number of thiophene rings is 2. The summed E-state index contributed by atoms with van der Waals surface area (Å²) in [4.78, 5) is 15.3. The minimum Gasteiger partial charge on any atom is -0.345 e. The Kier molecular flexibility index (Phi) is 4.25. The SMILES string of the molecule is Cc1cc(C(C)NC(=O)c2ccc(Br)s2)c(C)s1. The molecule has 1 amide bonds. The molecular weight excluding hydrogens is 330 g/mol. The predicted molar refractivity (Wildman–Crippen MR) is 81.7 cm³/mol. The quantitative estimate of drug-likeness (QED) is 0.861. The topological polar surface area (TPSA) is 29.1 Å². The number of amides is 1. The number of halogens is 1. The van der Waals surface area contributed by atoms with Gasteiger partial charge >= 0.3 is 0 Å². The third kappa shape index (κ3) is 3.02. The molecule has 2 rings (SSSR count). The molecule has 0 aromatic carbocycles. The summed E-state index contributed by atoms with van der Waals surface area (Å²) in [6.07, 6.45) is 0. The summed E-state index contributed by atoms with van der Waals surface area (Å²) in [5.41, 5.74) is 1.21. The number of carbonyl (C=O) groups is 1. The molecule has 2 nitrogen and oxygen atoms in total. The maximum absolute atomic E-state index is 12.0. The van der Waals surface area contributed by atoms with Gasteiger partial charge in [0.15, 0.2) is 0 Å². The maximum Gasteiger partial charge on any atom is 0.261 e. The van der Waals surface area contributed by atoms with Crippen LogP contribution in [0.25, 0.3) is 0 Å². The molecule has 0 saturated carbocycles. The first-order chi connectivity index (χ1) is 8.47. The van der Waals surface area contributed by atoms with E-state index in [1.54, 1.807) is 11.3 Å². The highest BCUT2D eigenvalue weighted by atomic mass is 79.9. The van der Waals surface area contributed by atoms with E-state index in [4.69, 9.17) is 0 Å². The highest BCUT2D eigenvalue weighted by Gasteiger charge is 2.15. The number of rotatable bonds is 3. The third-order valence-electron chi connectivity index (χ3n) is 2.69. The fourth-order valence-electron chi connectivity index (χ4n) is 1.86. The van der Waals surface area contributed by atoms with E-state index in [0.29, 0.717) is 0 Å². The van der Waals surface area contributed by atoms with Crippen molar-refractivity contribution in [3.8, 4) is 0 Å². The number of hydrogen-bond donors (Lipinski definition) is 1. The molecule has 5 heteroatoms. The molecule has 0 bridgehead atoms. The lowest BCUT2D eigenvalue weighted by Gasteiger charge is -2.13. The monoisotopic (exact) mass is 343 g/mol. The molecule has 2 aromatic heterocycles. The standard InChI is InChI=1S/C13H14BrNOS2/c1-7-6-10(9(3)17-7)8(2)15-13(16)11-4-5-12(14)18-11/h4-6,8H,1-3H3,(H,15,16). The molecule has 0 aliphatic heterocycles.